The third-order valence-corrected chi connectivity index (χ3v) is 2.90. The lowest BCUT2D eigenvalue weighted by molar-refractivity contribution is 0.506. The van der Waals surface area contributed by atoms with Crippen molar-refractivity contribution in [1.29, 1.82) is 5.26 Å². The molecule has 0 unspecified atom stereocenters. The quantitative estimate of drug-likeness (QED) is 0.703. The van der Waals surface area contributed by atoms with Crippen LogP contribution in [0.2, 0.25) is 0 Å². The zero-order valence-corrected chi connectivity index (χ0v) is 9.71. The van der Waals surface area contributed by atoms with Gasteiger partial charge in [0.05, 0.1) is 11.8 Å². The lowest BCUT2D eigenvalue weighted by Gasteiger charge is -1.99. The van der Waals surface area contributed by atoms with Crippen molar-refractivity contribution in [3.8, 4) is 6.07 Å². The number of rotatable bonds is 3. The van der Waals surface area contributed by atoms with E-state index in [1.165, 1.54) is 0 Å². The summed E-state index contributed by atoms with van der Waals surface area (Å²) in [5.74, 6) is 1.82. The average Bonchev–Trinajstić information content (AvgIpc) is 3.04. The first kappa shape index (κ1) is 10.6. The van der Waals surface area contributed by atoms with Gasteiger partial charge in [-0.05, 0) is 24.3 Å². The number of fused-ring (bicyclic) bond motifs is 1. The number of aryl methyl sites for hydroxylation is 2. The van der Waals surface area contributed by atoms with Crippen LogP contribution in [0.5, 0.6) is 0 Å². The van der Waals surface area contributed by atoms with Crippen LogP contribution in [0.3, 0.4) is 0 Å². The summed E-state index contributed by atoms with van der Waals surface area (Å²) in [5, 5.41) is 9.06. The summed E-state index contributed by atoms with van der Waals surface area (Å²) in [5.41, 5.74) is 1.33. The highest BCUT2D eigenvalue weighted by molar-refractivity contribution is 5.58. The van der Waals surface area contributed by atoms with Crippen molar-refractivity contribution in [1.82, 2.24) is 9.38 Å². The molecule has 0 saturated carbocycles. The molecule has 0 amide bonds. The van der Waals surface area contributed by atoms with Crippen LogP contribution in [-0.2, 0) is 12.8 Å². The number of pyridine rings is 1. The number of hydrogen-bond acceptors (Lipinski definition) is 3. The average molecular weight is 237 g/mol. The van der Waals surface area contributed by atoms with E-state index in [2.05, 4.69) is 11.1 Å². The molecule has 3 aromatic heterocycles. The molecule has 3 rings (SSSR count). The molecule has 0 fully saturated rings. The van der Waals surface area contributed by atoms with Crippen LogP contribution in [-0.4, -0.2) is 9.38 Å². The van der Waals surface area contributed by atoms with Gasteiger partial charge >= 0.3 is 0 Å². The summed E-state index contributed by atoms with van der Waals surface area (Å²) >= 11 is 0. The number of aromatic nitrogens is 2. The number of nitrogens with zero attached hydrogens (tertiary/aromatic N) is 3. The lowest BCUT2D eigenvalue weighted by Crippen LogP contribution is -1.96. The highest BCUT2D eigenvalue weighted by atomic mass is 16.3. The van der Waals surface area contributed by atoms with Gasteiger partial charge in [0.2, 0.25) is 0 Å². The van der Waals surface area contributed by atoms with Crippen molar-refractivity contribution in [3.63, 3.8) is 0 Å². The van der Waals surface area contributed by atoms with E-state index in [0.29, 0.717) is 5.69 Å². The van der Waals surface area contributed by atoms with Crippen LogP contribution in [0.25, 0.3) is 5.52 Å². The molecule has 0 aromatic carbocycles. The minimum absolute atomic E-state index is 0.477. The molecule has 0 N–H and O–H groups in total. The third kappa shape index (κ3) is 1.76. The van der Waals surface area contributed by atoms with Crippen molar-refractivity contribution >= 4 is 5.52 Å². The molecule has 0 aliphatic rings. The Kier molecular flexibility index (Phi) is 2.58. The molecule has 0 aliphatic carbocycles. The van der Waals surface area contributed by atoms with Crippen LogP contribution in [0, 0.1) is 11.3 Å². The highest BCUT2D eigenvalue weighted by Gasteiger charge is 2.10. The van der Waals surface area contributed by atoms with E-state index in [1.807, 2.05) is 40.9 Å². The summed E-state index contributed by atoms with van der Waals surface area (Å²) in [6.07, 6.45) is 5.13. The second-order valence-electron chi connectivity index (χ2n) is 4.02. The Bertz CT molecular complexity index is 704. The lowest BCUT2D eigenvalue weighted by atomic mass is 10.2. The van der Waals surface area contributed by atoms with E-state index in [1.54, 1.807) is 6.26 Å². The first-order chi connectivity index (χ1) is 8.88. The van der Waals surface area contributed by atoms with Crippen LogP contribution in [0.4, 0.5) is 0 Å². The monoisotopic (exact) mass is 237 g/mol. The van der Waals surface area contributed by atoms with Crippen LogP contribution < -0.4 is 0 Å². The fraction of sp³-hybridized carbons (Fsp3) is 0.143. The van der Waals surface area contributed by atoms with E-state index in [-0.39, 0.29) is 0 Å². The summed E-state index contributed by atoms with van der Waals surface area (Å²) in [6.45, 7) is 0. The van der Waals surface area contributed by atoms with Gasteiger partial charge in [0, 0.05) is 19.0 Å². The molecule has 0 radical (unpaired) electrons. The first-order valence-electron chi connectivity index (χ1n) is 5.77. The molecule has 0 saturated heterocycles. The minimum Gasteiger partial charge on any atom is -0.469 e. The second-order valence-corrected chi connectivity index (χ2v) is 4.02. The molecule has 3 aromatic rings. The highest BCUT2D eigenvalue weighted by Crippen LogP contribution is 2.14. The van der Waals surface area contributed by atoms with Crippen LogP contribution in [0.15, 0.2) is 47.2 Å². The van der Waals surface area contributed by atoms with Gasteiger partial charge in [0.15, 0.2) is 5.69 Å². The van der Waals surface area contributed by atoms with E-state index >= 15 is 0 Å². The first-order valence-corrected chi connectivity index (χ1v) is 5.77. The van der Waals surface area contributed by atoms with Gasteiger partial charge in [-0.1, -0.05) is 6.07 Å². The predicted octanol–water partition coefficient (Wildman–Crippen LogP) is 2.58. The van der Waals surface area contributed by atoms with Crippen molar-refractivity contribution in [2.24, 2.45) is 0 Å². The standard InChI is InChI=1S/C14H11N3O/c15-10-12-13-5-1-2-8-17(13)14(16-12)7-6-11-4-3-9-18-11/h1-5,8-9H,6-7H2. The van der Waals surface area contributed by atoms with Crippen molar-refractivity contribution in [3.05, 3.63) is 60.1 Å². The van der Waals surface area contributed by atoms with Crippen LogP contribution in [0.1, 0.15) is 17.3 Å². The molecule has 4 heteroatoms. The summed E-state index contributed by atoms with van der Waals surface area (Å²) in [6, 6.07) is 11.7. The topological polar surface area (TPSA) is 54.2 Å². The van der Waals surface area contributed by atoms with E-state index in [0.717, 1.165) is 29.9 Å². The molecule has 0 atom stereocenters. The summed E-state index contributed by atoms with van der Waals surface area (Å²) < 4.78 is 7.26. The SMILES string of the molecule is N#Cc1nc(CCc2ccco2)n2ccccc12. The van der Waals surface area contributed by atoms with Gasteiger partial charge in [0.25, 0.3) is 0 Å². The molecule has 18 heavy (non-hydrogen) atoms. The van der Waals surface area contributed by atoms with Gasteiger partial charge in [-0.15, -0.1) is 0 Å². The Morgan fingerprint density at radius 2 is 2.17 bits per heavy atom. The van der Waals surface area contributed by atoms with Crippen LogP contribution >= 0.6 is 0 Å². The largest absolute Gasteiger partial charge is 0.469 e. The molecular weight excluding hydrogens is 226 g/mol. The smallest absolute Gasteiger partial charge is 0.166 e. The molecule has 0 spiro atoms. The number of hydrogen-bond donors (Lipinski definition) is 0. The zero-order chi connectivity index (χ0) is 12.4. The molecule has 3 heterocycles. The van der Waals surface area contributed by atoms with Gasteiger partial charge in [-0.3, -0.25) is 0 Å². The Labute approximate surface area is 104 Å². The molecular formula is C14H11N3O. The normalized spacial score (nSPS) is 10.6. The fourth-order valence-corrected chi connectivity index (χ4v) is 2.05. The Morgan fingerprint density at radius 3 is 2.94 bits per heavy atom. The Hall–Kier alpha value is -2.54. The fourth-order valence-electron chi connectivity index (χ4n) is 2.05. The maximum Gasteiger partial charge on any atom is 0.166 e. The molecule has 0 aliphatic heterocycles. The third-order valence-electron chi connectivity index (χ3n) is 2.90. The van der Waals surface area contributed by atoms with E-state index in [4.69, 9.17) is 9.68 Å². The number of furan rings is 1. The van der Waals surface area contributed by atoms with Crippen molar-refractivity contribution < 1.29 is 4.42 Å². The number of imidazole rings is 1. The van der Waals surface area contributed by atoms with Gasteiger partial charge in [-0.25, -0.2) is 4.98 Å². The second kappa shape index (κ2) is 4.38. The van der Waals surface area contributed by atoms with Gasteiger partial charge < -0.3 is 8.82 Å². The number of nitriles is 1. The van der Waals surface area contributed by atoms with E-state index in [9.17, 15) is 0 Å². The van der Waals surface area contributed by atoms with Gasteiger partial charge in [0.1, 0.15) is 17.7 Å². The van der Waals surface area contributed by atoms with Crippen molar-refractivity contribution in [2.45, 2.75) is 12.8 Å². The Morgan fingerprint density at radius 1 is 1.22 bits per heavy atom. The predicted molar refractivity (Wildman–Crippen MR) is 66.0 cm³/mol. The van der Waals surface area contributed by atoms with Crippen molar-refractivity contribution in [2.75, 3.05) is 0 Å². The summed E-state index contributed by atoms with van der Waals surface area (Å²) in [7, 11) is 0. The summed E-state index contributed by atoms with van der Waals surface area (Å²) in [4.78, 5) is 4.37. The van der Waals surface area contributed by atoms with E-state index < -0.39 is 0 Å². The molecule has 4 nitrogen and oxygen atoms in total. The maximum atomic E-state index is 9.06. The molecule has 0 bridgehead atoms. The maximum absolute atomic E-state index is 9.06. The Balaban J connectivity index is 1.95. The minimum atomic E-state index is 0.477. The zero-order valence-electron chi connectivity index (χ0n) is 9.71. The molecule has 88 valence electrons. The van der Waals surface area contributed by atoms with Gasteiger partial charge in [-0.2, -0.15) is 5.26 Å².